The lowest BCUT2D eigenvalue weighted by Crippen LogP contribution is -2.45. The number of nitrogens with one attached hydrogen (secondary N) is 1. The highest BCUT2D eigenvalue weighted by Gasteiger charge is 2.42. The number of rotatable bonds is 5. The zero-order chi connectivity index (χ0) is 17.2. The Morgan fingerprint density at radius 3 is 2.92 bits per heavy atom. The first-order valence-corrected chi connectivity index (χ1v) is 7.81. The van der Waals surface area contributed by atoms with Crippen LogP contribution in [-0.2, 0) is 16.1 Å². The molecule has 126 valence electrons. The summed E-state index contributed by atoms with van der Waals surface area (Å²) in [4.78, 5) is 17.7. The number of aryl methyl sites for hydroxylation is 1. The van der Waals surface area contributed by atoms with Gasteiger partial charge >= 0.3 is 0 Å². The van der Waals surface area contributed by atoms with Crippen molar-refractivity contribution in [2.75, 3.05) is 6.54 Å². The Bertz CT molecular complexity index is 784. The van der Waals surface area contributed by atoms with Crippen LogP contribution in [-0.4, -0.2) is 23.8 Å². The summed E-state index contributed by atoms with van der Waals surface area (Å²) in [6.07, 6.45) is 0.898. The Balaban J connectivity index is 1.56. The second-order valence-corrected chi connectivity index (χ2v) is 6.07. The molecule has 2 aromatic rings. The molecule has 0 aliphatic carbocycles. The Kier molecular flexibility index (Phi) is 4.38. The largest absolute Gasteiger partial charge is 0.466 e. The number of carbonyl (C=O) groups is 1. The third-order valence-corrected chi connectivity index (χ3v) is 3.95. The highest BCUT2D eigenvalue weighted by Crippen LogP contribution is 2.27. The number of carbonyl (C=O) groups excluding carboxylic acids is 1. The molecule has 1 aromatic heterocycles. The lowest BCUT2D eigenvalue weighted by molar-refractivity contribution is -0.141. The number of nitrogens with zero attached hydrogens (tertiary/aromatic N) is 1. The van der Waals surface area contributed by atoms with Gasteiger partial charge in [0.2, 0.25) is 5.60 Å². The van der Waals surface area contributed by atoms with Gasteiger partial charge in [0, 0.05) is 24.9 Å². The molecule has 0 saturated carbocycles. The Hall–Kier alpha value is -2.63. The predicted octanol–water partition coefficient (Wildman–Crippen LogP) is 2.97. The molecule has 0 bridgehead atoms. The SMILES string of the molecule is Cc1ccc(CCNC(=O)C2(C)CC(c3cccc(F)c3)=NO2)o1. The third-order valence-electron chi connectivity index (χ3n) is 3.95. The smallest absolute Gasteiger partial charge is 0.267 e. The van der Waals surface area contributed by atoms with E-state index in [0.717, 1.165) is 11.5 Å². The van der Waals surface area contributed by atoms with Gasteiger partial charge in [0.1, 0.15) is 17.3 Å². The standard InChI is InChI=1S/C18H19FN2O3/c1-12-6-7-15(23-12)8-9-20-17(22)18(2)11-16(21-24-18)13-4-3-5-14(19)10-13/h3-7,10H,8-9,11H2,1-2H3,(H,20,22). The molecule has 0 radical (unpaired) electrons. The van der Waals surface area contributed by atoms with Gasteiger partial charge in [0.15, 0.2) is 0 Å². The summed E-state index contributed by atoms with van der Waals surface area (Å²) < 4.78 is 18.8. The predicted molar refractivity (Wildman–Crippen MR) is 87.2 cm³/mol. The zero-order valence-corrected chi connectivity index (χ0v) is 13.6. The molecule has 5 nitrogen and oxygen atoms in total. The summed E-state index contributed by atoms with van der Waals surface area (Å²) in [5.74, 6) is 1.07. The van der Waals surface area contributed by atoms with Crippen LogP contribution < -0.4 is 5.32 Å². The van der Waals surface area contributed by atoms with Crippen molar-refractivity contribution in [3.63, 3.8) is 0 Å². The van der Waals surface area contributed by atoms with Gasteiger partial charge in [-0.2, -0.15) is 0 Å². The second-order valence-electron chi connectivity index (χ2n) is 6.07. The van der Waals surface area contributed by atoms with E-state index in [1.54, 1.807) is 19.1 Å². The summed E-state index contributed by atoms with van der Waals surface area (Å²) in [5, 5.41) is 6.80. The number of amides is 1. The molecule has 0 fully saturated rings. The number of hydrogen-bond donors (Lipinski definition) is 1. The van der Waals surface area contributed by atoms with E-state index in [1.807, 2.05) is 19.1 Å². The summed E-state index contributed by atoms with van der Waals surface area (Å²) in [7, 11) is 0. The number of halogens is 1. The molecule has 1 aliphatic rings. The molecule has 0 saturated heterocycles. The first kappa shape index (κ1) is 16.2. The number of hydrogen-bond acceptors (Lipinski definition) is 4. The van der Waals surface area contributed by atoms with E-state index in [4.69, 9.17) is 9.25 Å². The van der Waals surface area contributed by atoms with Gasteiger partial charge in [-0.05, 0) is 38.1 Å². The van der Waals surface area contributed by atoms with Crippen molar-refractivity contribution in [2.45, 2.75) is 32.3 Å². The van der Waals surface area contributed by atoms with E-state index in [0.29, 0.717) is 30.7 Å². The molecule has 1 aliphatic heterocycles. The first-order chi connectivity index (χ1) is 11.5. The highest BCUT2D eigenvalue weighted by atomic mass is 19.1. The maximum atomic E-state index is 13.3. The van der Waals surface area contributed by atoms with Gasteiger partial charge in [-0.15, -0.1) is 0 Å². The maximum absolute atomic E-state index is 13.3. The molecule has 2 heterocycles. The van der Waals surface area contributed by atoms with Gasteiger partial charge in [0.05, 0.1) is 5.71 Å². The van der Waals surface area contributed by atoms with Gasteiger partial charge < -0.3 is 14.6 Å². The summed E-state index contributed by atoms with van der Waals surface area (Å²) in [5.41, 5.74) is 0.104. The number of benzene rings is 1. The van der Waals surface area contributed by atoms with Crippen molar-refractivity contribution in [2.24, 2.45) is 5.16 Å². The molecule has 6 heteroatoms. The Morgan fingerprint density at radius 1 is 1.38 bits per heavy atom. The minimum absolute atomic E-state index is 0.249. The molecule has 1 atom stereocenters. The van der Waals surface area contributed by atoms with Crippen molar-refractivity contribution >= 4 is 11.6 Å². The van der Waals surface area contributed by atoms with Crippen molar-refractivity contribution < 1.29 is 18.4 Å². The maximum Gasteiger partial charge on any atom is 0.267 e. The highest BCUT2D eigenvalue weighted by molar-refractivity contribution is 6.05. The minimum atomic E-state index is -1.08. The van der Waals surface area contributed by atoms with Crippen LogP contribution in [0.2, 0.25) is 0 Å². The van der Waals surface area contributed by atoms with Crippen LogP contribution in [0.4, 0.5) is 4.39 Å². The molecular weight excluding hydrogens is 311 g/mol. The van der Waals surface area contributed by atoms with Crippen LogP contribution >= 0.6 is 0 Å². The second kappa shape index (κ2) is 6.47. The average molecular weight is 330 g/mol. The lowest BCUT2D eigenvalue weighted by atomic mass is 9.95. The van der Waals surface area contributed by atoms with Crippen LogP contribution in [0.15, 0.2) is 46.0 Å². The van der Waals surface area contributed by atoms with Gasteiger partial charge in [0.25, 0.3) is 5.91 Å². The summed E-state index contributed by atoms with van der Waals surface area (Å²) >= 11 is 0. The van der Waals surface area contributed by atoms with E-state index in [9.17, 15) is 9.18 Å². The molecule has 1 aromatic carbocycles. The molecule has 1 N–H and O–H groups in total. The normalized spacial score (nSPS) is 19.7. The van der Waals surface area contributed by atoms with Crippen LogP contribution in [0.5, 0.6) is 0 Å². The van der Waals surface area contributed by atoms with Crippen LogP contribution in [0.3, 0.4) is 0 Å². The topological polar surface area (TPSA) is 63.8 Å². The summed E-state index contributed by atoms with van der Waals surface area (Å²) in [6, 6.07) is 9.87. The van der Waals surface area contributed by atoms with E-state index in [-0.39, 0.29) is 11.7 Å². The van der Waals surface area contributed by atoms with Crippen molar-refractivity contribution in [3.05, 3.63) is 59.3 Å². The molecule has 24 heavy (non-hydrogen) atoms. The van der Waals surface area contributed by atoms with Crippen LogP contribution in [0.1, 0.15) is 30.4 Å². The minimum Gasteiger partial charge on any atom is -0.466 e. The van der Waals surface area contributed by atoms with Gasteiger partial charge in [-0.1, -0.05) is 17.3 Å². The quantitative estimate of drug-likeness (QED) is 0.917. The lowest BCUT2D eigenvalue weighted by Gasteiger charge is -2.20. The first-order valence-electron chi connectivity index (χ1n) is 7.81. The van der Waals surface area contributed by atoms with Crippen molar-refractivity contribution in [1.29, 1.82) is 0 Å². The fourth-order valence-electron chi connectivity index (χ4n) is 2.59. The average Bonchev–Trinajstić information content (AvgIpc) is 3.14. The monoisotopic (exact) mass is 330 g/mol. The van der Waals surface area contributed by atoms with Crippen LogP contribution in [0.25, 0.3) is 0 Å². The Morgan fingerprint density at radius 2 is 2.21 bits per heavy atom. The molecule has 3 rings (SSSR count). The Labute approximate surface area is 139 Å². The third kappa shape index (κ3) is 3.48. The van der Waals surface area contributed by atoms with Crippen LogP contribution in [0, 0.1) is 12.7 Å². The van der Waals surface area contributed by atoms with Gasteiger partial charge in [-0.3, -0.25) is 4.79 Å². The molecule has 1 amide bonds. The van der Waals surface area contributed by atoms with E-state index in [2.05, 4.69) is 10.5 Å². The van der Waals surface area contributed by atoms with Gasteiger partial charge in [-0.25, -0.2) is 4.39 Å². The molecular formula is C18H19FN2O3. The zero-order valence-electron chi connectivity index (χ0n) is 13.6. The van der Waals surface area contributed by atoms with E-state index >= 15 is 0 Å². The van der Waals surface area contributed by atoms with E-state index in [1.165, 1.54) is 12.1 Å². The van der Waals surface area contributed by atoms with E-state index < -0.39 is 5.60 Å². The summed E-state index contributed by atoms with van der Waals surface area (Å²) in [6.45, 7) is 4.00. The molecule has 1 unspecified atom stereocenters. The fourth-order valence-corrected chi connectivity index (χ4v) is 2.59. The van der Waals surface area contributed by atoms with Crippen molar-refractivity contribution in [3.8, 4) is 0 Å². The number of oxime groups is 1. The molecule has 0 spiro atoms. The van der Waals surface area contributed by atoms with Crippen molar-refractivity contribution in [1.82, 2.24) is 5.32 Å². The fraction of sp³-hybridized carbons (Fsp3) is 0.333. The number of furan rings is 1.